The number of carboxylic acid groups (broad SMARTS) is 1. The summed E-state index contributed by atoms with van der Waals surface area (Å²) in [6.45, 7) is 1.51. The van der Waals surface area contributed by atoms with Gasteiger partial charge in [-0.2, -0.15) is 31.4 Å². The lowest BCUT2D eigenvalue weighted by atomic mass is 9.74. The molecule has 224 valence electrons. The van der Waals surface area contributed by atoms with E-state index in [2.05, 4.69) is 5.10 Å². The van der Waals surface area contributed by atoms with Crippen LogP contribution in [0.5, 0.6) is 0 Å². The van der Waals surface area contributed by atoms with E-state index >= 15 is 0 Å². The summed E-state index contributed by atoms with van der Waals surface area (Å²) in [5, 5.41) is 14.5. The molecule has 2 aliphatic rings. The Morgan fingerprint density at radius 1 is 1.12 bits per heavy atom. The van der Waals surface area contributed by atoms with Gasteiger partial charge in [0, 0.05) is 12.6 Å². The molecular weight excluding hydrogens is 587 g/mol. The normalized spacial score (nSPS) is 23.1. The van der Waals surface area contributed by atoms with Crippen LogP contribution in [0.15, 0.2) is 24.4 Å². The first-order valence-corrected chi connectivity index (χ1v) is 13.0. The average molecular weight is 612 g/mol. The molecule has 2 aliphatic carbocycles. The SMILES string of the molecule is C[C@]1(C(=O)O)CC[C@H](n2cc(C(=O)NC(CC(=O)c3c(F)cccc3Cl)C3(C(F)(F)F)CC3)c(C(F)(F)F)n2)CC1. The van der Waals surface area contributed by atoms with Crippen molar-refractivity contribution in [3.05, 3.63) is 52.1 Å². The molecule has 1 unspecified atom stereocenters. The molecule has 2 aromatic rings. The fraction of sp³-hybridized carbons (Fsp3) is 0.538. The van der Waals surface area contributed by atoms with Crippen molar-refractivity contribution in [1.29, 1.82) is 0 Å². The third kappa shape index (κ3) is 5.93. The Hall–Kier alpha value is -3.16. The Kier molecular flexibility index (Phi) is 7.95. The maximum atomic E-state index is 14.3. The van der Waals surface area contributed by atoms with Gasteiger partial charge in [0.2, 0.25) is 0 Å². The maximum Gasteiger partial charge on any atom is 0.435 e. The summed E-state index contributed by atoms with van der Waals surface area (Å²) in [6.07, 6.45) is -10.9. The Labute approximate surface area is 234 Å². The highest BCUT2D eigenvalue weighted by Gasteiger charge is 2.67. The minimum Gasteiger partial charge on any atom is -0.481 e. The molecule has 2 fully saturated rings. The van der Waals surface area contributed by atoms with Crippen LogP contribution in [0.25, 0.3) is 0 Å². The van der Waals surface area contributed by atoms with Crippen LogP contribution in [0.1, 0.15) is 84.3 Å². The van der Waals surface area contributed by atoms with Crippen molar-refractivity contribution >= 4 is 29.3 Å². The highest BCUT2D eigenvalue weighted by molar-refractivity contribution is 6.34. The number of aromatic nitrogens is 2. The van der Waals surface area contributed by atoms with Crippen molar-refractivity contribution in [1.82, 2.24) is 15.1 Å². The summed E-state index contributed by atoms with van der Waals surface area (Å²) in [4.78, 5) is 37.5. The Balaban J connectivity index is 1.64. The monoisotopic (exact) mass is 611 g/mol. The first-order valence-electron chi connectivity index (χ1n) is 12.6. The summed E-state index contributed by atoms with van der Waals surface area (Å²) in [6, 6.07) is 0.495. The average Bonchev–Trinajstić information content (AvgIpc) is 3.55. The third-order valence-corrected chi connectivity index (χ3v) is 8.47. The van der Waals surface area contributed by atoms with Crippen LogP contribution in [0.2, 0.25) is 5.02 Å². The van der Waals surface area contributed by atoms with Crippen LogP contribution in [-0.2, 0) is 11.0 Å². The van der Waals surface area contributed by atoms with Crippen molar-refractivity contribution in [2.24, 2.45) is 10.8 Å². The Morgan fingerprint density at radius 3 is 2.22 bits per heavy atom. The summed E-state index contributed by atoms with van der Waals surface area (Å²) < 4.78 is 99.0. The second-order valence-corrected chi connectivity index (χ2v) is 11.3. The molecule has 1 heterocycles. The number of aliphatic carboxylic acids is 1. The molecule has 2 N–H and O–H groups in total. The van der Waals surface area contributed by atoms with E-state index in [0.29, 0.717) is 0 Å². The number of carbonyl (C=O) groups is 3. The molecule has 1 amide bonds. The number of carbonyl (C=O) groups excluding carboxylic acids is 2. The van der Waals surface area contributed by atoms with Gasteiger partial charge in [0.05, 0.1) is 39.1 Å². The van der Waals surface area contributed by atoms with Gasteiger partial charge in [0.25, 0.3) is 5.91 Å². The molecule has 1 aromatic carbocycles. The van der Waals surface area contributed by atoms with E-state index in [1.54, 1.807) is 0 Å². The molecule has 0 aliphatic heterocycles. The van der Waals surface area contributed by atoms with E-state index in [0.717, 1.165) is 23.0 Å². The molecule has 0 bridgehead atoms. The van der Waals surface area contributed by atoms with E-state index in [4.69, 9.17) is 11.6 Å². The molecule has 1 atom stereocenters. The van der Waals surface area contributed by atoms with E-state index in [-0.39, 0.29) is 30.7 Å². The summed E-state index contributed by atoms with van der Waals surface area (Å²) >= 11 is 5.87. The minimum atomic E-state index is -5.16. The fourth-order valence-corrected chi connectivity index (χ4v) is 5.58. The van der Waals surface area contributed by atoms with E-state index < -0.39 is 94.8 Å². The molecule has 0 radical (unpaired) electrons. The number of hydrogen-bond donors (Lipinski definition) is 2. The van der Waals surface area contributed by atoms with Crippen molar-refractivity contribution in [3.63, 3.8) is 0 Å². The first kappa shape index (κ1) is 30.8. The second kappa shape index (κ2) is 10.6. The zero-order valence-electron chi connectivity index (χ0n) is 21.5. The molecule has 15 heteroatoms. The smallest absolute Gasteiger partial charge is 0.435 e. The van der Waals surface area contributed by atoms with E-state index in [1.165, 1.54) is 13.0 Å². The number of alkyl halides is 6. The lowest BCUT2D eigenvalue weighted by Gasteiger charge is -2.33. The van der Waals surface area contributed by atoms with Crippen LogP contribution in [0, 0.1) is 16.6 Å². The topological polar surface area (TPSA) is 101 Å². The summed E-state index contributed by atoms with van der Waals surface area (Å²) in [5.74, 6) is -4.85. The van der Waals surface area contributed by atoms with Crippen molar-refractivity contribution in [2.45, 2.75) is 76.3 Å². The third-order valence-electron chi connectivity index (χ3n) is 8.15. The van der Waals surface area contributed by atoms with Crippen LogP contribution < -0.4 is 5.32 Å². The molecule has 41 heavy (non-hydrogen) atoms. The molecular formula is C26H25ClF7N3O4. The van der Waals surface area contributed by atoms with Crippen LogP contribution in [0.3, 0.4) is 0 Å². The number of halogens is 8. The van der Waals surface area contributed by atoms with Gasteiger partial charge in [-0.05, 0) is 57.6 Å². The van der Waals surface area contributed by atoms with Gasteiger partial charge in [0.15, 0.2) is 11.5 Å². The van der Waals surface area contributed by atoms with Gasteiger partial charge < -0.3 is 10.4 Å². The van der Waals surface area contributed by atoms with Gasteiger partial charge in [-0.1, -0.05) is 17.7 Å². The fourth-order valence-electron chi connectivity index (χ4n) is 5.31. The predicted octanol–water partition coefficient (Wildman–Crippen LogP) is 6.61. The van der Waals surface area contributed by atoms with Crippen molar-refractivity contribution in [2.75, 3.05) is 0 Å². The first-order chi connectivity index (χ1) is 18.9. The molecule has 0 spiro atoms. The molecule has 7 nitrogen and oxygen atoms in total. The second-order valence-electron chi connectivity index (χ2n) is 10.9. The Morgan fingerprint density at radius 2 is 1.73 bits per heavy atom. The zero-order chi connectivity index (χ0) is 30.5. The molecule has 4 rings (SSSR count). The maximum absolute atomic E-state index is 14.3. The highest BCUT2D eigenvalue weighted by Crippen LogP contribution is 2.60. The molecule has 1 aromatic heterocycles. The van der Waals surface area contributed by atoms with Crippen LogP contribution in [0.4, 0.5) is 30.7 Å². The number of hydrogen-bond acceptors (Lipinski definition) is 4. The largest absolute Gasteiger partial charge is 0.481 e. The number of nitrogens with one attached hydrogen (secondary N) is 1. The number of ketones is 1. The van der Waals surface area contributed by atoms with Gasteiger partial charge in [-0.15, -0.1) is 0 Å². The number of benzene rings is 1. The van der Waals surface area contributed by atoms with Crippen molar-refractivity contribution in [3.8, 4) is 0 Å². The van der Waals surface area contributed by atoms with E-state index in [1.807, 2.05) is 5.32 Å². The zero-order valence-corrected chi connectivity index (χ0v) is 22.3. The molecule has 2 saturated carbocycles. The lowest BCUT2D eigenvalue weighted by Crippen LogP contribution is -2.49. The quantitative estimate of drug-likeness (QED) is 0.258. The number of nitrogens with zero attached hydrogens (tertiary/aromatic N) is 2. The standard InChI is InChI=1S/C26H25ClF7N3O4/c1-23(22(40)41)7-5-13(6-8-23)37-12-14(20(36-37)25(29,30)31)21(39)35-18(24(9-10-24)26(32,33)34)11-17(38)19-15(27)3-2-4-16(19)28/h2-4,12-13,18H,5-11H2,1H3,(H,35,39)(H,40,41)/t13-,18?,23-. The number of Topliss-reactive ketones (excluding diaryl/α,β-unsaturated/α-hetero) is 1. The van der Waals surface area contributed by atoms with Gasteiger partial charge in [-0.3, -0.25) is 19.1 Å². The number of amides is 1. The van der Waals surface area contributed by atoms with Crippen LogP contribution >= 0.6 is 11.6 Å². The Bertz CT molecular complexity index is 1340. The van der Waals surface area contributed by atoms with Crippen LogP contribution in [-0.4, -0.2) is 44.8 Å². The highest BCUT2D eigenvalue weighted by atomic mass is 35.5. The van der Waals surface area contributed by atoms with Crippen molar-refractivity contribution < 1.29 is 50.2 Å². The summed E-state index contributed by atoms with van der Waals surface area (Å²) in [7, 11) is 0. The molecule has 0 saturated heterocycles. The number of carboxylic acids is 1. The summed E-state index contributed by atoms with van der Waals surface area (Å²) in [5.41, 5.74) is -7.06. The predicted molar refractivity (Wildman–Crippen MR) is 130 cm³/mol. The van der Waals surface area contributed by atoms with E-state index in [9.17, 15) is 50.2 Å². The minimum absolute atomic E-state index is 0.132. The van der Waals surface area contributed by atoms with Gasteiger partial charge >= 0.3 is 18.3 Å². The lowest BCUT2D eigenvalue weighted by molar-refractivity contribution is -0.194. The van der Waals surface area contributed by atoms with Gasteiger partial charge in [0.1, 0.15) is 5.82 Å². The number of rotatable bonds is 8. The van der Waals surface area contributed by atoms with Gasteiger partial charge in [-0.25, -0.2) is 4.39 Å².